The fourth-order valence-electron chi connectivity index (χ4n) is 5.57. The maximum atomic E-state index is 14.1. The maximum Gasteiger partial charge on any atom is 0.241 e. The third kappa shape index (κ3) is 3.75. The van der Waals surface area contributed by atoms with E-state index in [4.69, 9.17) is 0 Å². The van der Waals surface area contributed by atoms with E-state index in [1.165, 1.54) is 6.42 Å². The van der Waals surface area contributed by atoms with Crippen molar-refractivity contribution in [3.8, 4) is 0 Å². The number of amides is 1. The van der Waals surface area contributed by atoms with Gasteiger partial charge in [0.25, 0.3) is 0 Å². The van der Waals surface area contributed by atoms with Crippen LogP contribution in [-0.4, -0.2) is 29.9 Å². The summed E-state index contributed by atoms with van der Waals surface area (Å²) in [7, 11) is 0. The minimum Gasteiger partial charge on any atom is -0.307 e. The van der Waals surface area contributed by atoms with E-state index in [9.17, 15) is 4.79 Å². The van der Waals surface area contributed by atoms with Crippen molar-refractivity contribution in [2.24, 2.45) is 5.92 Å². The van der Waals surface area contributed by atoms with Crippen LogP contribution < -0.4 is 4.90 Å². The van der Waals surface area contributed by atoms with Gasteiger partial charge in [-0.1, -0.05) is 91.9 Å². The Hall–Kier alpha value is -2.91. The number of nitrogens with zero attached hydrogens (tertiary/aromatic N) is 2. The summed E-state index contributed by atoms with van der Waals surface area (Å²) in [5.74, 6) is 0.892. The highest BCUT2D eigenvalue weighted by molar-refractivity contribution is 6.09. The van der Waals surface area contributed by atoms with Crippen LogP contribution in [0.5, 0.6) is 0 Å². The van der Waals surface area contributed by atoms with Crippen molar-refractivity contribution in [1.82, 2.24) is 4.90 Å². The van der Waals surface area contributed by atoms with Crippen molar-refractivity contribution >= 4 is 11.6 Å². The summed E-state index contributed by atoms with van der Waals surface area (Å²) in [6.07, 6.45) is 16.2. The molecule has 3 heteroatoms. The maximum absolute atomic E-state index is 14.1. The number of allylic oxidation sites excluding steroid dienone is 3. The second-order valence-corrected chi connectivity index (χ2v) is 9.25. The molecule has 0 aromatic heterocycles. The molecule has 3 aliphatic rings. The Balaban J connectivity index is 1.49. The van der Waals surface area contributed by atoms with Crippen molar-refractivity contribution in [3.63, 3.8) is 0 Å². The van der Waals surface area contributed by atoms with Crippen molar-refractivity contribution in [1.29, 1.82) is 0 Å². The van der Waals surface area contributed by atoms with E-state index in [2.05, 4.69) is 78.6 Å². The highest BCUT2D eigenvalue weighted by atomic mass is 16.2. The van der Waals surface area contributed by atoms with Gasteiger partial charge in [0.05, 0.1) is 12.0 Å². The standard InChI is InChI=1S/C29H32N2O/c1-2-3-4-10-17-29(18-19-30-21-24-15-16-25(30)20-24)26-13-8-9-14-27(26)31(28(29)32)22-23-11-6-5-7-12-23/h3-17,24-25H,2,18-22H2,1H3/t24-,25+,29?/m1/s1. The SMILES string of the molecule is CCC=CC=CC1(CCN2C[C@@H]3C=C[C@H]2C3)C(=O)N(Cc2ccccc2)c2ccccc21. The first-order chi connectivity index (χ1) is 15.7. The lowest BCUT2D eigenvalue weighted by Crippen LogP contribution is -2.42. The van der Waals surface area contributed by atoms with E-state index in [-0.39, 0.29) is 5.91 Å². The fraction of sp³-hybridized carbons (Fsp3) is 0.345. The Bertz CT molecular complexity index is 1050. The molecule has 2 bridgehead atoms. The van der Waals surface area contributed by atoms with E-state index >= 15 is 0 Å². The van der Waals surface area contributed by atoms with Crippen LogP contribution >= 0.6 is 0 Å². The molecule has 2 heterocycles. The van der Waals surface area contributed by atoms with Crippen molar-refractivity contribution < 1.29 is 4.79 Å². The van der Waals surface area contributed by atoms with Crippen LogP contribution in [0.25, 0.3) is 0 Å². The number of para-hydroxylation sites is 1. The van der Waals surface area contributed by atoms with Crippen molar-refractivity contribution in [2.75, 3.05) is 18.0 Å². The summed E-state index contributed by atoms with van der Waals surface area (Å²) in [4.78, 5) is 18.7. The van der Waals surface area contributed by atoms with Gasteiger partial charge in [-0.2, -0.15) is 0 Å². The molecule has 1 amide bonds. The zero-order valence-electron chi connectivity index (χ0n) is 18.9. The van der Waals surface area contributed by atoms with Crippen LogP contribution in [0.3, 0.4) is 0 Å². The van der Waals surface area contributed by atoms with Crippen LogP contribution in [0.2, 0.25) is 0 Å². The number of anilines is 1. The van der Waals surface area contributed by atoms with Crippen LogP contribution in [-0.2, 0) is 16.8 Å². The van der Waals surface area contributed by atoms with E-state index in [1.54, 1.807) is 0 Å². The summed E-state index contributed by atoms with van der Waals surface area (Å²) < 4.78 is 0. The molecule has 1 fully saturated rings. The first-order valence-electron chi connectivity index (χ1n) is 11.9. The molecule has 0 saturated carbocycles. The molecule has 164 valence electrons. The van der Waals surface area contributed by atoms with E-state index in [0.29, 0.717) is 18.5 Å². The number of benzene rings is 2. The zero-order valence-corrected chi connectivity index (χ0v) is 18.9. The highest BCUT2D eigenvalue weighted by Gasteiger charge is 2.49. The lowest BCUT2D eigenvalue weighted by atomic mass is 9.78. The van der Waals surface area contributed by atoms with Gasteiger partial charge in [-0.25, -0.2) is 0 Å². The van der Waals surface area contributed by atoms with Gasteiger partial charge in [-0.05, 0) is 42.4 Å². The van der Waals surface area contributed by atoms with E-state index < -0.39 is 5.41 Å². The van der Waals surface area contributed by atoms with Crippen LogP contribution in [0.4, 0.5) is 5.69 Å². The summed E-state index contributed by atoms with van der Waals surface area (Å²) in [6, 6.07) is 19.2. The molecule has 5 rings (SSSR count). The summed E-state index contributed by atoms with van der Waals surface area (Å²) in [6.45, 7) is 4.80. The van der Waals surface area contributed by atoms with Crippen LogP contribution in [0.1, 0.15) is 37.3 Å². The molecule has 2 aliphatic heterocycles. The molecule has 0 radical (unpaired) electrons. The predicted octanol–water partition coefficient (Wildman–Crippen LogP) is 5.64. The number of hydrogen-bond donors (Lipinski definition) is 0. The van der Waals surface area contributed by atoms with Crippen LogP contribution in [0, 0.1) is 5.92 Å². The topological polar surface area (TPSA) is 23.6 Å². The Morgan fingerprint density at radius 1 is 1.03 bits per heavy atom. The van der Waals surface area contributed by atoms with Gasteiger partial charge in [0.15, 0.2) is 0 Å². The molecule has 1 unspecified atom stereocenters. The minimum atomic E-state index is -0.616. The van der Waals surface area contributed by atoms with Gasteiger partial charge in [0.2, 0.25) is 5.91 Å². The Labute approximate surface area is 191 Å². The summed E-state index contributed by atoms with van der Waals surface area (Å²) >= 11 is 0. The lowest BCUT2D eigenvalue weighted by Gasteiger charge is -2.30. The second-order valence-electron chi connectivity index (χ2n) is 9.25. The monoisotopic (exact) mass is 424 g/mol. The molecule has 3 nitrogen and oxygen atoms in total. The van der Waals surface area contributed by atoms with Gasteiger partial charge in [-0.15, -0.1) is 0 Å². The summed E-state index contributed by atoms with van der Waals surface area (Å²) in [5.41, 5.74) is 2.73. The molecule has 0 N–H and O–H groups in total. The van der Waals surface area contributed by atoms with Gasteiger partial charge in [0, 0.05) is 24.8 Å². The number of carbonyl (C=O) groups is 1. The normalized spacial score (nSPS) is 26.8. The highest BCUT2D eigenvalue weighted by Crippen LogP contribution is 2.46. The van der Waals surface area contributed by atoms with Gasteiger partial charge >= 0.3 is 0 Å². The Morgan fingerprint density at radius 3 is 2.59 bits per heavy atom. The number of fused-ring (bicyclic) bond motifs is 3. The number of rotatable bonds is 8. The van der Waals surface area contributed by atoms with E-state index in [0.717, 1.165) is 42.7 Å². The van der Waals surface area contributed by atoms with Gasteiger partial charge in [0.1, 0.15) is 0 Å². The molecule has 32 heavy (non-hydrogen) atoms. The molecule has 3 atom stereocenters. The van der Waals surface area contributed by atoms with Crippen molar-refractivity contribution in [2.45, 2.75) is 44.2 Å². The quantitative estimate of drug-likeness (QED) is 0.404. The minimum absolute atomic E-state index is 0.198. The Kier molecular flexibility index (Phi) is 5.84. The smallest absolute Gasteiger partial charge is 0.241 e. The lowest BCUT2D eigenvalue weighted by molar-refractivity contribution is -0.122. The van der Waals surface area contributed by atoms with Gasteiger partial charge < -0.3 is 4.90 Å². The zero-order chi connectivity index (χ0) is 22.0. The first kappa shape index (κ1) is 21.0. The van der Waals surface area contributed by atoms with Gasteiger partial charge in [-0.3, -0.25) is 9.69 Å². The number of carbonyl (C=O) groups excluding carboxylic acids is 1. The second kappa shape index (κ2) is 8.91. The predicted molar refractivity (Wildman–Crippen MR) is 132 cm³/mol. The number of hydrogen-bond acceptors (Lipinski definition) is 2. The molecular weight excluding hydrogens is 392 g/mol. The average Bonchev–Trinajstić information content (AvgIpc) is 3.51. The fourth-order valence-corrected chi connectivity index (χ4v) is 5.57. The third-order valence-electron chi connectivity index (χ3n) is 7.23. The largest absolute Gasteiger partial charge is 0.307 e. The van der Waals surface area contributed by atoms with Crippen LogP contribution in [0.15, 0.2) is 91.1 Å². The molecular formula is C29H32N2O. The molecule has 2 aromatic rings. The average molecular weight is 425 g/mol. The first-order valence-corrected chi connectivity index (χ1v) is 11.9. The van der Waals surface area contributed by atoms with E-state index in [1.807, 2.05) is 29.2 Å². The molecule has 0 spiro atoms. The number of likely N-dealkylation sites (tertiary alicyclic amines) is 1. The third-order valence-corrected chi connectivity index (χ3v) is 7.23. The summed E-state index contributed by atoms with van der Waals surface area (Å²) in [5, 5.41) is 0. The van der Waals surface area contributed by atoms with Crippen molar-refractivity contribution in [3.05, 3.63) is 102 Å². The molecule has 1 saturated heterocycles. The molecule has 2 aromatic carbocycles. The Morgan fingerprint density at radius 2 is 1.84 bits per heavy atom. The molecule has 1 aliphatic carbocycles.